The molecule has 0 saturated carbocycles. The predicted octanol–water partition coefficient (Wildman–Crippen LogP) is 5.11. The summed E-state index contributed by atoms with van der Waals surface area (Å²) in [5.41, 5.74) is 5.19. The Hall–Kier alpha value is -2.86. The maximum absolute atomic E-state index is 12.7. The summed E-state index contributed by atoms with van der Waals surface area (Å²) in [6, 6.07) is 13.7. The van der Waals surface area contributed by atoms with Crippen LogP contribution >= 0.6 is 11.8 Å². The lowest BCUT2D eigenvalue weighted by Gasteiger charge is -2.13. The summed E-state index contributed by atoms with van der Waals surface area (Å²) in [6.45, 7) is 5.88. The first-order valence-electron chi connectivity index (χ1n) is 8.70. The fraction of sp³-hybridized carbons (Fsp3) is 0.190. The highest BCUT2D eigenvalue weighted by molar-refractivity contribution is 8.00. The van der Waals surface area contributed by atoms with Gasteiger partial charge in [0.2, 0.25) is 5.91 Å². The first kappa shape index (κ1) is 17.5. The summed E-state index contributed by atoms with van der Waals surface area (Å²) in [5, 5.41) is 4.28. The molecular weight excluding hydrogens is 358 g/mol. The van der Waals surface area contributed by atoms with E-state index in [9.17, 15) is 4.79 Å². The summed E-state index contributed by atoms with van der Waals surface area (Å²) in [4.78, 5) is 21.3. The molecule has 4 rings (SSSR count). The van der Waals surface area contributed by atoms with Gasteiger partial charge in [-0.1, -0.05) is 41.6 Å². The van der Waals surface area contributed by atoms with Crippen molar-refractivity contribution in [1.29, 1.82) is 0 Å². The molecule has 0 radical (unpaired) electrons. The van der Waals surface area contributed by atoms with Gasteiger partial charge in [0, 0.05) is 11.1 Å². The Labute approximate surface area is 161 Å². The summed E-state index contributed by atoms with van der Waals surface area (Å²) in [6.07, 6.45) is 1.52. The maximum Gasteiger partial charge on any atom is 0.237 e. The zero-order valence-corrected chi connectivity index (χ0v) is 16.1. The minimum Gasteiger partial charge on any atom is -0.451 e. The van der Waals surface area contributed by atoms with Crippen LogP contribution in [0.1, 0.15) is 18.1 Å². The van der Waals surface area contributed by atoms with Crippen LogP contribution < -0.4 is 5.32 Å². The molecular formula is C21H19N3O2S. The second-order valence-electron chi connectivity index (χ2n) is 6.52. The summed E-state index contributed by atoms with van der Waals surface area (Å²) in [5.74, 6) is -0.0742. The SMILES string of the molecule is Cc1ccc(NC(=O)[C@H](C)Sc2ncnc3c2oc2ccccc23)c(C)c1. The number of hydrogen-bond acceptors (Lipinski definition) is 5. The van der Waals surface area contributed by atoms with Gasteiger partial charge in [0.15, 0.2) is 5.58 Å². The van der Waals surface area contributed by atoms with Crippen molar-refractivity contribution in [3.63, 3.8) is 0 Å². The van der Waals surface area contributed by atoms with Gasteiger partial charge in [-0.25, -0.2) is 9.97 Å². The molecule has 2 aromatic heterocycles. The number of para-hydroxylation sites is 1. The number of furan rings is 1. The number of nitrogens with zero attached hydrogens (tertiary/aromatic N) is 2. The minimum absolute atomic E-state index is 0.0742. The van der Waals surface area contributed by atoms with Crippen molar-refractivity contribution < 1.29 is 9.21 Å². The maximum atomic E-state index is 12.7. The number of thioether (sulfide) groups is 1. The molecule has 5 nitrogen and oxygen atoms in total. The molecule has 0 spiro atoms. The van der Waals surface area contributed by atoms with Crippen LogP contribution in [0.2, 0.25) is 0 Å². The van der Waals surface area contributed by atoms with Crippen molar-refractivity contribution in [3.8, 4) is 0 Å². The van der Waals surface area contributed by atoms with Gasteiger partial charge in [-0.05, 0) is 44.5 Å². The minimum atomic E-state index is -0.336. The van der Waals surface area contributed by atoms with Gasteiger partial charge in [0.25, 0.3) is 0 Å². The van der Waals surface area contributed by atoms with E-state index >= 15 is 0 Å². The number of amides is 1. The molecule has 1 atom stereocenters. The van der Waals surface area contributed by atoms with Gasteiger partial charge < -0.3 is 9.73 Å². The topological polar surface area (TPSA) is 68.0 Å². The molecule has 0 saturated heterocycles. The third-order valence-corrected chi connectivity index (χ3v) is 5.50. The molecule has 0 aliphatic heterocycles. The number of carbonyl (C=O) groups excluding carboxylic acids is 1. The van der Waals surface area contributed by atoms with E-state index in [2.05, 4.69) is 21.4 Å². The number of benzene rings is 2. The molecule has 0 aliphatic rings. The van der Waals surface area contributed by atoms with Crippen LogP contribution in [0.4, 0.5) is 5.69 Å². The third kappa shape index (κ3) is 3.40. The molecule has 136 valence electrons. The quantitative estimate of drug-likeness (QED) is 0.395. The smallest absolute Gasteiger partial charge is 0.237 e. The van der Waals surface area contributed by atoms with E-state index in [1.165, 1.54) is 23.7 Å². The molecule has 27 heavy (non-hydrogen) atoms. The lowest BCUT2D eigenvalue weighted by atomic mass is 10.1. The number of nitrogens with one attached hydrogen (secondary N) is 1. The molecule has 2 heterocycles. The molecule has 0 aliphatic carbocycles. The largest absolute Gasteiger partial charge is 0.451 e. The Bertz CT molecular complexity index is 1150. The van der Waals surface area contributed by atoms with Crippen molar-refractivity contribution >= 4 is 45.4 Å². The van der Waals surface area contributed by atoms with E-state index in [0.29, 0.717) is 10.6 Å². The Morgan fingerprint density at radius 1 is 1.15 bits per heavy atom. The van der Waals surface area contributed by atoms with Gasteiger partial charge in [0.05, 0.1) is 5.25 Å². The van der Waals surface area contributed by atoms with Gasteiger partial charge >= 0.3 is 0 Å². The van der Waals surface area contributed by atoms with E-state index < -0.39 is 0 Å². The average molecular weight is 377 g/mol. The van der Waals surface area contributed by atoms with Crippen molar-refractivity contribution in [2.75, 3.05) is 5.32 Å². The first-order valence-corrected chi connectivity index (χ1v) is 9.58. The van der Waals surface area contributed by atoms with Gasteiger partial charge in [-0.3, -0.25) is 4.79 Å². The molecule has 1 N–H and O–H groups in total. The van der Waals surface area contributed by atoms with Crippen LogP contribution in [0.3, 0.4) is 0 Å². The lowest BCUT2D eigenvalue weighted by Crippen LogP contribution is -2.23. The van der Waals surface area contributed by atoms with Crippen LogP contribution in [-0.2, 0) is 4.79 Å². The number of anilines is 1. The van der Waals surface area contributed by atoms with Crippen LogP contribution in [-0.4, -0.2) is 21.1 Å². The number of carbonyl (C=O) groups is 1. The Balaban J connectivity index is 1.59. The van der Waals surface area contributed by atoms with Crippen molar-refractivity contribution in [2.45, 2.75) is 31.0 Å². The zero-order valence-electron chi connectivity index (χ0n) is 15.3. The standard InChI is InChI=1S/C21H19N3O2S/c1-12-8-9-16(13(2)10-12)24-20(25)14(3)27-21-19-18(22-11-23-21)15-6-4-5-7-17(15)26-19/h4-11,14H,1-3H3,(H,24,25)/t14-/m0/s1. The molecule has 6 heteroatoms. The normalized spacial score (nSPS) is 12.4. The molecule has 1 amide bonds. The number of fused-ring (bicyclic) bond motifs is 3. The predicted molar refractivity (Wildman–Crippen MR) is 109 cm³/mol. The van der Waals surface area contributed by atoms with Crippen molar-refractivity contribution in [2.24, 2.45) is 0 Å². The molecule has 4 aromatic rings. The van der Waals surface area contributed by atoms with E-state index in [0.717, 1.165) is 27.7 Å². The number of rotatable bonds is 4. The molecule has 0 bridgehead atoms. The summed E-state index contributed by atoms with van der Waals surface area (Å²) < 4.78 is 5.94. The van der Waals surface area contributed by atoms with Crippen molar-refractivity contribution in [1.82, 2.24) is 9.97 Å². The second kappa shape index (κ2) is 7.04. The monoisotopic (exact) mass is 377 g/mol. The van der Waals surface area contributed by atoms with Crippen LogP contribution in [0, 0.1) is 13.8 Å². The summed E-state index contributed by atoms with van der Waals surface area (Å²) in [7, 11) is 0. The van der Waals surface area contributed by atoms with E-state index in [1.54, 1.807) is 0 Å². The first-order chi connectivity index (χ1) is 13.0. The van der Waals surface area contributed by atoms with Crippen molar-refractivity contribution in [3.05, 3.63) is 59.9 Å². The van der Waals surface area contributed by atoms with Gasteiger partial charge in [0.1, 0.15) is 22.5 Å². The molecule has 0 unspecified atom stereocenters. The highest BCUT2D eigenvalue weighted by atomic mass is 32.2. The fourth-order valence-corrected chi connectivity index (χ4v) is 3.85. The molecule has 2 aromatic carbocycles. The van der Waals surface area contributed by atoms with Crippen LogP contribution in [0.15, 0.2) is 58.2 Å². The van der Waals surface area contributed by atoms with E-state index in [1.807, 2.05) is 57.2 Å². The Morgan fingerprint density at radius 2 is 1.96 bits per heavy atom. The van der Waals surface area contributed by atoms with Crippen LogP contribution in [0.25, 0.3) is 22.1 Å². The number of aromatic nitrogens is 2. The Kier molecular flexibility index (Phi) is 4.58. The number of aryl methyl sites for hydroxylation is 2. The second-order valence-corrected chi connectivity index (χ2v) is 7.85. The molecule has 0 fully saturated rings. The lowest BCUT2D eigenvalue weighted by molar-refractivity contribution is -0.115. The highest BCUT2D eigenvalue weighted by Crippen LogP contribution is 2.34. The Morgan fingerprint density at radius 3 is 2.78 bits per heavy atom. The van der Waals surface area contributed by atoms with Gasteiger partial charge in [-0.15, -0.1) is 0 Å². The summed E-state index contributed by atoms with van der Waals surface area (Å²) >= 11 is 1.37. The fourth-order valence-electron chi connectivity index (χ4n) is 3.00. The number of hydrogen-bond donors (Lipinski definition) is 1. The van der Waals surface area contributed by atoms with E-state index in [-0.39, 0.29) is 11.2 Å². The zero-order chi connectivity index (χ0) is 19.0. The van der Waals surface area contributed by atoms with Gasteiger partial charge in [-0.2, -0.15) is 0 Å². The van der Waals surface area contributed by atoms with E-state index in [4.69, 9.17) is 4.42 Å². The van der Waals surface area contributed by atoms with Crippen LogP contribution in [0.5, 0.6) is 0 Å². The highest BCUT2D eigenvalue weighted by Gasteiger charge is 2.20. The average Bonchev–Trinajstić information content (AvgIpc) is 3.04. The third-order valence-electron chi connectivity index (χ3n) is 4.42.